The van der Waals surface area contributed by atoms with Gasteiger partial charge < -0.3 is 0 Å². The Labute approximate surface area is 77.8 Å². The van der Waals surface area contributed by atoms with Gasteiger partial charge in [-0.3, -0.25) is 5.32 Å². The highest BCUT2D eigenvalue weighted by molar-refractivity contribution is 7.09. The first-order valence-electron chi connectivity index (χ1n) is 3.68. The fourth-order valence-corrected chi connectivity index (χ4v) is 1.47. The van der Waals surface area contributed by atoms with Gasteiger partial charge in [0.05, 0.1) is 12.6 Å². The molecule has 1 unspecified atom stereocenters. The van der Waals surface area contributed by atoms with Crippen LogP contribution in [0, 0.1) is 0 Å². The largest absolute Gasteiger partial charge is 0.401 e. The van der Waals surface area contributed by atoms with Crippen molar-refractivity contribution < 1.29 is 13.2 Å². The fourth-order valence-electron chi connectivity index (χ4n) is 0.804. The number of nitrogens with zero attached hydrogens (tertiary/aromatic N) is 1. The van der Waals surface area contributed by atoms with Crippen molar-refractivity contribution in [2.24, 2.45) is 0 Å². The Morgan fingerprint density at radius 2 is 2.31 bits per heavy atom. The summed E-state index contributed by atoms with van der Waals surface area (Å²) in [5, 5.41) is 4.76. The number of rotatable bonds is 3. The molecule has 0 aromatic carbocycles. The highest BCUT2D eigenvalue weighted by Gasteiger charge is 2.27. The van der Waals surface area contributed by atoms with E-state index in [1.807, 2.05) is 0 Å². The van der Waals surface area contributed by atoms with E-state index in [0.29, 0.717) is 5.01 Å². The van der Waals surface area contributed by atoms with Crippen LogP contribution < -0.4 is 5.32 Å². The molecule has 0 aliphatic carbocycles. The van der Waals surface area contributed by atoms with Crippen molar-refractivity contribution in [3.8, 4) is 0 Å². The number of hydrogen-bond acceptors (Lipinski definition) is 3. The zero-order valence-corrected chi connectivity index (χ0v) is 7.75. The second-order valence-corrected chi connectivity index (χ2v) is 3.51. The molecule has 0 amide bonds. The topological polar surface area (TPSA) is 24.9 Å². The monoisotopic (exact) mass is 210 g/mol. The van der Waals surface area contributed by atoms with Gasteiger partial charge in [0, 0.05) is 11.6 Å². The molecule has 1 aromatic rings. The third-order valence-corrected chi connectivity index (χ3v) is 2.39. The summed E-state index contributed by atoms with van der Waals surface area (Å²) >= 11 is 1.34. The van der Waals surface area contributed by atoms with E-state index < -0.39 is 12.7 Å². The maximum absolute atomic E-state index is 11.8. The standard InChI is InChI=1S/C7H9F3N2S/c1-5(6-11-2-3-13-6)12-4-7(8,9)10/h2-3,5,12H,4H2,1H3. The normalized spacial score (nSPS) is 14.5. The summed E-state index contributed by atoms with van der Waals surface area (Å²) in [6.45, 7) is 0.679. The summed E-state index contributed by atoms with van der Waals surface area (Å²) in [6.07, 6.45) is -2.59. The molecule has 1 N–H and O–H groups in total. The van der Waals surface area contributed by atoms with Crippen molar-refractivity contribution in [3.05, 3.63) is 16.6 Å². The number of halogens is 3. The minimum atomic E-state index is -4.16. The predicted molar refractivity (Wildman–Crippen MR) is 44.6 cm³/mol. The first-order valence-corrected chi connectivity index (χ1v) is 4.56. The molecule has 0 saturated carbocycles. The lowest BCUT2D eigenvalue weighted by Crippen LogP contribution is -2.30. The van der Waals surface area contributed by atoms with Crippen LogP contribution in [0.3, 0.4) is 0 Å². The van der Waals surface area contributed by atoms with Gasteiger partial charge in [0.15, 0.2) is 0 Å². The van der Waals surface area contributed by atoms with Crippen LogP contribution in [0.1, 0.15) is 18.0 Å². The third kappa shape index (κ3) is 3.73. The first kappa shape index (κ1) is 10.5. The predicted octanol–water partition coefficient (Wildman–Crippen LogP) is 2.36. The summed E-state index contributed by atoms with van der Waals surface area (Å²) < 4.78 is 35.3. The molecule has 2 nitrogen and oxygen atoms in total. The van der Waals surface area contributed by atoms with Crippen molar-refractivity contribution in [1.82, 2.24) is 10.3 Å². The van der Waals surface area contributed by atoms with Gasteiger partial charge in [-0.2, -0.15) is 13.2 Å². The molecule has 6 heteroatoms. The summed E-state index contributed by atoms with van der Waals surface area (Å²) in [5.41, 5.74) is 0. The molecule has 13 heavy (non-hydrogen) atoms. The zero-order valence-electron chi connectivity index (χ0n) is 6.93. The Morgan fingerprint density at radius 3 is 2.77 bits per heavy atom. The highest BCUT2D eigenvalue weighted by Crippen LogP contribution is 2.18. The number of thiazole rings is 1. The summed E-state index contributed by atoms with van der Waals surface area (Å²) in [5.74, 6) is 0. The fraction of sp³-hybridized carbons (Fsp3) is 0.571. The average molecular weight is 210 g/mol. The Morgan fingerprint density at radius 1 is 1.62 bits per heavy atom. The maximum atomic E-state index is 11.8. The van der Waals surface area contributed by atoms with Gasteiger partial charge >= 0.3 is 6.18 Å². The quantitative estimate of drug-likeness (QED) is 0.828. The molecule has 1 atom stereocenters. The SMILES string of the molecule is CC(NCC(F)(F)F)c1nccs1. The van der Waals surface area contributed by atoms with Crippen LogP contribution in [0.25, 0.3) is 0 Å². The molecule has 0 fully saturated rings. The zero-order chi connectivity index (χ0) is 9.90. The van der Waals surface area contributed by atoms with Gasteiger partial charge in [-0.1, -0.05) is 0 Å². The molecular weight excluding hydrogens is 201 g/mol. The summed E-state index contributed by atoms with van der Waals surface area (Å²) in [4.78, 5) is 3.91. The van der Waals surface area contributed by atoms with Crippen molar-refractivity contribution >= 4 is 11.3 Å². The Kier molecular flexibility index (Phi) is 3.27. The Bertz CT molecular complexity index is 245. The molecule has 0 aliphatic heterocycles. The van der Waals surface area contributed by atoms with E-state index in [9.17, 15) is 13.2 Å². The van der Waals surface area contributed by atoms with Crippen LogP contribution in [0.2, 0.25) is 0 Å². The van der Waals surface area contributed by atoms with Gasteiger partial charge in [0.1, 0.15) is 5.01 Å². The van der Waals surface area contributed by atoms with E-state index in [4.69, 9.17) is 0 Å². The van der Waals surface area contributed by atoms with E-state index in [1.54, 1.807) is 18.5 Å². The van der Waals surface area contributed by atoms with Gasteiger partial charge in [-0.25, -0.2) is 4.98 Å². The summed E-state index contributed by atoms with van der Waals surface area (Å²) in [6, 6.07) is -0.346. The van der Waals surface area contributed by atoms with Gasteiger partial charge in [-0.15, -0.1) is 11.3 Å². The van der Waals surface area contributed by atoms with Crippen molar-refractivity contribution in [2.45, 2.75) is 19.1 Å². The second kappa shape index (κ2) is 4.06. The van der Waals surface area contributed by atoms with Crippen LogP contribution in [0.15, 0.2) is 11.6 Å². The molecule has 0 spiro atoms. The lowest BCUT2D eigenvalue weighted by atomic mass is 10.3. The minimum absolute atomic E-state index is 0.346. The average Bonchev–Trinajstić information content (AvgIpc) is 2.50. The smallest absolute Gasteiger partial charge is 0.300 e. The molecule has 0 saturated heterocycles. The molecule has 1 rings (SSSR count). The van der Waals surface area contributed by atoms with E-state index in [1.165, 1.54) is 11.3 Å². The van der Waals surface area contributed by atoms with Crippen molar-refractivity contribution in [2.75, 3.05) is 6.54 Å². The van der Waals surface area contributed by atoms with Crippen molar-refractivity contribution in [3.63, 3.8) is 0 Å². The molecule has 0 radical (unpaired) electrons. The molecule has 0 aliphatic rings. The highest BCUT2D eigenvalue weighted by atomic mass is 32.1. The lowest BCUT2D eigenvalue weighted by Gasteiger charge is -2.12. The van der Waals surface area contributed by atoms with Gasteiger partial charge in [-0.05, 0) is 6.92 Å². The van der Waals surface area contributed by atoms with E-state index in [-0.39, 0.29) is 6.04 Å². The molecule has 1 aromatic heterocycles. The van der Waals surface area contributed by atoms with E-state index >= 15 is 0 Å². The van der Waals surface area contributed by atoms with Gasteiger partial charge in [0.25, 0.3) is 0 Å². The third-order valence-electron chi connectivity index (χ3n) is 1.43. The minimum Gasteiger partial charge on any atom is -0.300 e. The van der Waals surface area contributed by atoms with Gasteiger partial charge in [0.2, 0.25) is 0 Å². The maximum Gasteiger partial charge on any atom is 0.401 e. The Balaban J connectivity index is 2.39. The van der Waals surface area contributed by atoms with Crippen LogP contribution in [-0.2, 0) is 0 Å². The number of aromatic nitrogens is 1. The van der Waals surface area contributed by atoms with Crippen LogP contribution in [0.5, 0.6) is 0 Å². The molecular formula is C7H9F3N2S. The van der Waals surface area contributed by atoms with Crippen molar-refractivity contribution in [1.29, 1.82) is 0 Å². The van der Waals surface area contributed by atoms with Crippen LogP contribution >= 0.6 is 11.3 Å². The molecule has 0 bridgehead atoms. The summed E-state index contributed by atoms with van der Waals surface area (Å²) in [7, 11) is 0. The van der Waals surface area contributed by atoms with E-state index in [2.05, 4.69) is 10.3 Å². The van der Waals surface area contributed by atoms with E-state index in [0.717, 1.165) is 0 Å². The number of hydrogen-bond donors (Lipinski definition) is 1. The van der Waals surface area contributed by atoms with Crippen LogP contribution in [-0.4, -0.2) is 17.7 Å². The lowest BCUT2D eigenvalue weighted by molar-refractivity contribution is -0.126. The Hall–Kier alpha value is -0.620. The second-order valence-electron chi connectivity index (χ2n) is 2.59. The first-order chi connectivity index (χ1) is 5.99. The number of nitrogens with one attached hydrogen (secondary N) is 1. The molecule has 1 heterocycles. The number of alkyl halides is 3. The van der Waals surface area contributed by atoms with Crippen LogP contribution in [0.4, 0.5) is 13.2 Å². The molecule has 74 valence electrons.